The third-order valence-corrected chi connectivity index (χ3v) is 9.39. The van der Waals surface area contributed by atoms with Crippen LogP contribution in [0.4, 0.5) is 18.9 Å². The number of alkyl halides is 3. The monoisotopic (exact) mass is 664 g/mol. The molecule has 43 heavy (non-hydrogen) atoms. The summed E-state index contributed by atoms with van der Waals surface area (Å²) in [7, 11) is -4.16. The van der Waals surface area contributed by atoms with Gasteiger partial charge in [-0.2, -0.15) is 13.2 Å². The van der Waals surface area contributed by atoms with Crippen molar-refractivity contribution in [2.45, 2.75) is 55.4 Å². The highest BCUT2D eigenvalue weighted by atomic mass is 35.5. The number of nitrogens with two attached hydrogens (primary N) is 1. The van der Waals surface area contributed by atoms with E-state index in [2.05, 4.69) is 5.32 Å². The third kappa shape index (κ3) is 8.40. The first kappa shape index (κ1) is 34.2. The second-order valence-corrected chi connectivity index (χ2v) is 12.4. The van der Waals surface area contributed by atoms with Crippen LogP contribution in [-0.4, -0.2) is 73.6 Å². The summed E-state index contributed by atoms with van der Waals surface area (Å²) in [6, 6.07) is 9.42. The van der Waals surface area contributed by atoms with E-state index in [1.54, 1.807) is 41.3 Å². The predicted molar refractivity (Wildman–Crippen MR) is 155 cm³/mol. The van der Waals surface area contributed by atoms with Crippen molar-refractivity contribution in [2.24, 2.45) is 5.73 Å². The van der Waals surface area contributed by atoms with E-state index in [4.69, 9.17) is 38.8 Å². The number of carboxylic acid groups (broad SMARTS) is 1. The fourth-order valence-electron chi connectivity index (χ4n) is 4.47. The highest BCUT2D eigenvalue weighted by Gasteiger charge is 2.38. The number of carbonyl (C=O) groups excluding carboxylic acids is 2. The highest BCUT2D eigenvalue weighted by Crippen LogP contribution is 2.31. The molecule has 10 nitrogen and oxygen atoms in total. The topological polar surface area (TPSA) is 150 Å². The number of nitrogens with one attached hydrogen (secondary N) is 1. The van der Waals surface area contributed by atoms with Crippen LogP contribution in [0.2, 0.25) is 10.0 Å². The summed E-state index contributed by atoms with van der Waals surface area (Å²) in [5.41, 5.74) is 6.68. The number of hydrogen-bond acceptors (Lipinski definition) is 6. The van der Waals surface area contributed by atoms with Crippen LogP contribution in [0.3, 0.4) is 0 Å². The average Bonchev–Trinajstić information content (AvgIpc) is 3.29. The van der Waals surface area contributed by atoms with Crippen molar-refractivity contribution in [2.75, 3.05) is 17.4 Å². The molecule has 2 aromatic rings. The summed E-state index contributed by atoms with van der Waals surface area (Å²) in [6.07, 6.45) is -0.121. The maximum Gasteiger partial charge on any atom is 0.490 e. The Hall–Kier alpha value is -3.33. The molecule has 4 N–H and O–H groups in total. The molecule has 0 spiro atoms. The second kappa shape index (κ2) is 14.0. The van der Waals surface area contributed by atoms with Crippen LogP contribution in [0.25, 0.3) is 0 Å². The lowest BCUT2D eigenvalue weighted by Crippen LogP contribution is -2.50. The average molecular weight is 666 g/mol. The molecular formula is C27H29Cl2F3N4O6S. The van der Waals surface area contributed by atoms with Gasteiger partial charge in [-0.05, 0) is 68.7 Å². The van der Waals surface area contributed by atoms with Gasteiger partial charge >= 0.3 is 12.1 Å². The van der Waals surface area contributed by atoms with E-state index < -0.39 is 28.2 Å². The lowest BCUT2D eigenvalue weighted by atomic mass is 10.1. The maximum atomic E-state index is 13.9. The van der Waals surface area contributed by atoms with Crippen LogP contribution in [-0.2, 0) is 19.6 Å². The molecule has 0 aliphatic carbocycles. The summed E-state index contributed by atoms with van der Waals surface area (Å²) in [4.78, 5) is 36.4. The molecule has 234 valence electrons. The van der Waals surface area contributed by atoms with Gasteiger partial charge in [-0.25, -0.2) is 13.2 Å². The van der Waals surface area contributed by atoms with Crippen molar-refractivity contribution in [3.63, 3.8) is 0 Å². The lowest BCUT2D eigenvalue weighted by Gasteiger charge is -2.27. The Balaban J connectivity index is 0.000000646. The summed E-state index contributed by atoms with van der Waals surface area (Å²) < 4.78 is 60.6. The lowest BCUT2D eigenvalue weighted by molar-refractivity contribution is -0.192. The number of nitrogens with zero attached hydrogens (tertiary/aromatic N) is 2. The number of rotatable bonds is 1. The quantitative estimate of drug-likeness (QED) is 0.386. The molecule has 4 rings (SSSR count). The minimum atomic E-state index is -5.08. The Kier molecular flexibility index (Phi) is 11.1. The van der Waals surface area contributed by atoms with E-state index in [1.165, 1.54) is 22.5 Å². The van der Waals surface area contributed by atoms with E-state index in [9.17, 15) is 31.2 Å². The van der Waals surface area contributed by atoms with Crippen LogP contribution in [0.5, 0.6) is 0 Å². The number of allylic oxidation sites excluding steroid dienone is 1. The normalized spacial score (nSPS) is 23.5. The molecular weight excluding hydrogens is 636 g/mol. The Bertz CT molecular complexity index is 1490. The number of benzene rings is 2. The van der Waals surface area contributed by atoms with Crippen LogP contribution >= 0.6 is 23.2 Å². The van der Waals surface area contributed by atoms with E-state index >= 15 is 0 Å². The fraction of sp³-hybridized carbons (Fsp3) is 0.370. The van der Waals surface area contributed by atoms with E-state index in [0.29, 0.717) is 36.5 Å². The van der Waals surface area contributed by atoms with Crippen molar-refractivity contribution in [1.29, 1.82) is 0 Å². The standard InChI is InChI=1S/C25H28Cl2N4O4S.C2HF3O2/c1-16-22-12-14-30(16)25(33)17-6-11-20(27)23(15-17)36(34,35)31(19-9-7-18(26)8-10-19)13-4-2-3-5-21(28)24(32)29-22;3-2(4,5)1(6)7/h2,4,6-11,15-16,21-22H,3,5,12-14,28H2,1H3,(H,29,32);(H,6,7)/b4-2+;/t16-,21?,22-;/m1./s1. The Morgan fingerprint density at radius 2 is 1.70 bits per heavy atom. The van der Waals surface area contributed by atoms with Gasteiger partial charge in [0.15, 0.2) is 0 Å². The number of amides is 2. The number of fused-ring (bicyclic) bond motifs is 4. The number of sulfonamides is 1. The first-order valence-electron chi connectivity index (χ1n) is 12.9. The van der Waals surface area contributed by atoms with Crippen molar-refractivity contribution >= 4 is 56.7 Å². The molecule has 0 aromatic heterocycles. The summed E-state index contributed by atoms with van der Waals surface area (Å²) in [5.74, 6) is -3.36. The van der Waals surface area contributed by atoms with E-state index in [0.717, 1.165) is 0 Å². The predicted octanol–water partition coefficient (Wildman–Crippen LogP) is 4.22. The van der Waals surface area contributed by atoms with Gasteiger partial charge in [0.2, 0.25) is 5.91 Å². The number of carbonyl (C=O) groups is 3. The molecule has 3 atom stereocenters. The maximum absolute atomic E-state index is 13.9. The molecule has 0 radical (unpaired) electrons. The van der Waals surface area contributed by atoms with Crippen molar-refractivity contribution in [3.8, 4) is 0 Å². The Morgan fingerprint density at radius 3 is 2.30 bits per heavy atom. The van der Waals surface area contributed by atoms with Crippen LogP contribution in [0, 0.1) is 0 Å². The number of carboxylic acids is 1. The van der Waals surface area contributed by atoms with Crippen LogP contribution in [0.15, 0.2) is 59.5 Å². The van der Waals surface area contributed by atoms with Gasteiger partial charge in [0.25, 0.3) is 15.9 Å². The number of aliphatic carboxylic acids is 1. The Labute approximate surface area is 256 Å². The molecule has 2 aliphatic heterocycles. The molecule has 2 aromatic carbocycles. The summed E-state index contributed by atoms with van der Waals surface area (Å²) in [6.45, 7) is 2.28. The van der Waals surface area contributed by atoms with Gasteiger partial charge in [-0.1, -0.05) is 35.4 Å². The summed E-state index contributed by atoms with van der Waals surface area (Å²) >= 11 is 12.4. The zero-order valence-corrected chi connectivity index (χ0v) is 25.1. The van der Waals surface area contributed by atoms with Gasteiger partial charge in [0.05, 0.1) is 29.3 Å². The molecule has 16 heteroatoms. The molecule has 4 bridgehead atoms. The van der Waals surface area contributed by atoms with Crippen LogP contribution in [0.1, 0.15) is 36.5 Å². The highest BCUT2D eigenvalue weighted by molar-refractivity contribution is 7.93. The summed E-state index contributed by atoms with van der Waals surface area (Å²) in [5, 5.41) is 10.6. The van der Waals surface area contributed by atoms with Gasteiger partial charge in [-0.3, -0.25) is 13.9 Å². The van der Waals surface area contributed by atoms with E-state index in [-0.39, 0.29) is 45.9 Å². The zero-order valence-electron chi connectivity index (χ0n) is 22.7. The van der Waals surface area contributed by atoms with Crippen molar-refractivity contribution < 1.29 is 41.1 Å². The molecule has 1 saturated heterocycles. The largest absolute Gasteiger partial charge is 0.490 e. The van der Waals surface area contributed by atoms with E-state index in [1.807, 2.05) is 6.92 Å². The second-order valence-electron chi connectivity index (χ2n) is 9.76. The molecule has 1 unspecified atom stereocenters. The molecule has 0 saturated carbocycles. The smallest absolute Gasteiger partial charge is 0.475 e. The van der Waals surface area contributed by atoms with Gasteiger partial charge in [0, 0.05) is 23.2 Å². The minimum Gasteiger partial charge on any atom is -0.475 e. The third-order valence-electron chi connectivity index (χ3n) is 6.87. The molecule has 2 amide bonds. The SMILES string of the molecule is C[C@@H]1[C@H]2CCN1C(=O)c1ccc(Cl)c(c1)S(=O)(=O)N(c1ccc(Cl)cc1)C/C=C/CCC(N)C(=O)N2.O=C(O)C(F)(F)F. The number of anilines is 1. The molecule has 2 aliphatic rings. The van der Waals surface area contributed by atoms with Crippen LogP contribution < -0.4 is 15.4 Å². The first-order chi connectivity index (χ1) is 20.0. The van der Waals surface area contributed by atoms with Gasteiger partial charge in [0.1, 0.15) is 4.90 Å². The zero-order chi connectivity index (χ0) is 32.1. The molecule has 1 fully saturated rings. The fourth-order valence-corrected chi connectivity index (χ4v) is 6.52. The van der Waals surface area contributed by atoms with Gasteiger partial charge in [-0.15, -0.1) is 0 Å². The number of hydrogen-bond donors (Lipinski definition) is 3. The Morgan fingerprint density at radius 1 is 1.07 bits per heavy atom. The van der Waals surface area contributed by atoms with Crippen molar-refractivity contribution in [3.05, 3.63) is 70.2 Å². The minimum absolute atomic E-state index is 0.00510. The first-order valence-corrected chi connectivity index (χ1v) is 15.1. The van der Waals surface area contributed by atoms with Gasteiger partial charge < -0.3 is 21.1 Å². The molecule has 2 heterocycles. The van der Waals surface area contributed by atoms with Crippen molar-refractivity contribution in [1.82, 2.24) is 10.2 Å². The number of halogens is 5.